The highest BCUT2D eigenvalue weighted by atomic mass is 79.9. The van der Waals surface area contributed by atoms with Crippen LogP contribution in [0, 0.1) is 5.92 Å². The fourth-order valence-electron chi connectivity index (χ4n) is 2.42. The minimum atomic E-state index is -0.0179. The van der Waals surface area contributed by atoms with Gasteiger partial charge in [0.2, 0.25) is 5.91 Å². The summed E-state index contributed by atoms with van der Waals surface area (Å²) in [4.78, 5) is 14.5. The molecule has 1 N–H and O–H groups in total. The molecule has 21 heavy (non-hydrogen) atoms. The summed E-state index contributed by atoms with van der Waals surface area (Å²) >= 11 is 3.41. The van der Waals surface area contributed by atoms with Crippen molar-refractivity contribution in [3.63, 3.8) is 0 Å². The van der Waals surface area contributed by atoms with Crippen LogP contribution in [-0.2, 0) is 4.79 Å². The molecule has 1 saturated heterocycles. The Balaban J connectivity index is 1.98. The second-order valence-corrected chi connectivity index (χ2v) is 5.84. The lowest BCUT2D eigenvalue weighted by Gasteiger charge is -2.24. The van der Waals surface area contributed by atoms with Gasteiger partial charge in [0.25, 0.3) is 0 Å². The van der Waals surface area contributed by atoms with Gasteiger partial charge in [-0.1, -0.05) is 15.9 Å². The largest absolute Gasteiger partial charge is 0.316 e. The van der Waals surface area contributed by atoms with Crippen LogP contribution in [0.1, 0.15) is 6.42 Å². The van der Waals surface area contributed by atoms with E-state index in [1.807, 2.05) is 24.3 Å². The lowest BCUT2D eigenvalue weighted by molar-refractivity contribution is -0.121. The van der Waals surface area contributed by atoms with Crippen molar-refractivity contribution in [1.82, 2.24) is 15.5 Å². The Morgan fingerprint density at radius 1 is 1.29 bits per heavy atom. The quantitative estimate of drug-likeness (QED) is 0.927. The first-order chi connectivity index (χ1) is 10.3. The molecule has 1 unspecified atom stereocenters. The molecule has 1 atom stereocenters. The maximum atomic E-state index is 12.8. The molecule has 0 bridgehead atoms. The number of amides is 1. The van der Waals surface area contributed by atoms with E-state index in [1.165, 1.54) is 0 Å². The molecule has 2 aromatic rings. The highest BCUT2D eigenvalue weighted by Crippen LogP contribution is 2.28. The molecule has 0 saturated carbocycles. The van der Waals surface area contributed by atoms with Crippen molar-refractivity contribution in [2.75, 3.05) is 18.0 Å². The smallest absolute Gasteiger partial charge is 0.237 e. The zero-order chi connectivity index (χ0) is 14.7. The summed E-state index contributed by atoms with van der Waals surface area (Å²) in [6, 6.07) is 11.2. The van der Waals surface area contributed by atoms with Gasteiger partial charge in [0.15, 0.2) is 5.82 Å². The fourth-order valence-corrected chi connectivity index (χ4v) is 2.69. The van der Waals surface area contributed by atoms with Crippen molar-refractivity contribution in [2.24, 2.45) is 5.92 Å². The molecule has 108 valence electrons. The summed E-state index contributed by atoms with van der Waals surface area (Å²) in [6.45, 7) is 1.59. The molecule has 6 heteroatoms. The predicted molar refractivity (Wildman–Crippen MR) is 84.3 cm³/mol. The lowest BCUT2D eigenvalue weighted by Crippen LogP contribution is -2.34. The maximum Gasteiger partial charge on any atom is 0.237 e. The average Bonchev–Trinajstić information content (AvgIpc) is 3.05. The van der Waals surface area contributed by atoms with Crippen LogP contribution in [-0.4, -0.2) is 29.2 Å². The number of halogens is 1. The van der Waals surface area contributed by atoms with E-state index in [0.29, 0.717) is 12.4 Å². The van der Waals surface area contributed by atoms with Gasteiger partial charge in [-0.2, -0.15) is 5.10 Å². The maximum absolute atomic E-state index is 12.8. The summed E-state index contributed by atoms with van der Waals surface area (Å²) in [5, 5.41) is 11.2. The van der Waals surface area contributed by atoms with E-state index in [9.17, 15) is 4.79 Å². The van der Waals surface area contributed by atoms with E-state index in [-0.39, 0.29) is 11.8 Å². The number of nitrogens with one attached hydrogen (secondary N) is 1. The minimum absolute atomic E-state index is 0.0179. The first-order valence-electron chi connectivity index (χ1n) is 6.83. The van der Waals surface area contributed by atoms with Gasteiger partial charge in [-0.25, -0.2) is 0 Å². The van der Waals surface area contributed by atoms with E-state index in [1.54, 1.807) is 23.2 Å². The lowest BCUT2D eigenvalue weighted by atomic mass is 10.1. The number of hydrogen-bond donors (Lipinski definition) is 1. The third-order valence-corrected chi connectivity index (χ3v) is 4.03. The number of nitrogens with zero attached hydrogens (tertiary/aromatic N) is 3. The Bertz CT molecular complexity index is 611. The van der Waals surface area contributed by atoms with E-state index in [4.69, 9.17) is 0 Å². The first-order valence-corrected chi connectivity index (χ1v) is 7.63. The molecule has 2 heterocycles. The van der Waals surface area contributed by atoms with E-state index in [0.717, 1.165) is 23.1 Å². The Morgan fingerprint density at radius 2 is 2.10 bits per heavy atom. The Kier molecular flexibility index (Phi) is 4.26. The van der Waals surface area contributed by atoms with Crippen molar-refractivity contribution in [2.45, 2.75) is 6.42 Å². The molecule has 0 aliphatic carbocycles. The number of carbonyl (C=O) groups excluding carboxylic acids is 1. The third kappa shape index (κ3) is 3.11. The molecule has 1 aliphatic rings. The summed E-state index contributed by atoms with van der Waals surface area (Å²) < 4.78 is 0.973. The van der Waals surface area contributed by atoms with Crippen LogP contribution < -0.4 is 10.2 Å². The van der Waals surface area contributed by atoms with E-state index < -0.39 is 0 Å². The van der Waals surface area contributed by atoms with Crippen LogP contribution in [0.25, 0.3) is 0 Å². The van der Waals surface area contributed by atoms with Crippen LogP contribution >= 0.6 is 15.9 Å². The molecular weight excluding hydrogens is 332 g/mol. The average molecular weight is 347 g/mol. The molecule has 1 fully saturated rings. The first kappa shape index (κ1) is 14.2. The van der Waals surface area contributed by atoms with Gasteiger partial charge in [0, 0.05) is 17.2 Å². The van der Waals surface area contributed by atoms with Crippen molar-refractivity contribution < 1.29 is 4.79 Å². The predicted octanol–water partition coefficient (Wildman–Crippen LogP) is 2.51. The van der Waals surface area contributed by atoms with Gasteiger partial charge in [-0.3, -0.25) is 9.69 Å². The fraction of sp³-hybridized carbons (Fsp3) is 0.267. The number of aromatic nitrogens is 2. The molecule has 1 aliphatic heterocycles. The highest BCUT2D eigenvalue weighted by Gasteiger charge is 2.29. The zero-order valence-corrected chi connectivity index (χ0v) is 13.0. The van der Waals surface area contributed by atoms with Crippen LogP contribution in [0.2, 0.25) is 0 Å². The van der Waals surface area contributed by atoms with Crippen molar-refractivity contribution >= 4 is 33.3 Å². The van der Waals surface area contributed by atoms with Gasteiger partial charge < -0.3 is 5.32 Å². The second-order valence-electron chi connectivity index (χ2n) is 4.92. The second kappa shape index (κ2) is 6.32. The number of hydrogen-bond acceptors (Lipinski definition) is 4. The SMILES string of the molecule is O=C(C1CCNC1)N(c1ccc(Br)cc1)c1cccnn1. The van der Waals surface area contributed by atoms with Crippen molar-refractivity contribution in [3.05, 3.63) is 47.1 Å². The number of benzene rings is 1. The number of carbonyl (C=O) groups is 1. The highest BCUT2D eigenvalue weighted by molar-refractivity contribution is 9.10. The van der Waals surface area contributed by atoms with Gasteiger partial charge in [0.05, 0.1) is 11.6 Å². The third-order valence-electron chi connectivity index (χ3n) is 3.50. The molecule has 3 rings (SSSR count). The summed E-state index contributed by atoms with van der Waals surface area (Å²) in [5.41, 5.74) is 0.801. The van der Waals surface area contributed by atoms with E-state index >= 15 is 0 Å². The summed E-state index contributed by atoms with van der Waals surface area (Å²) in [7, 11) is 0. The molecule has 1 amide bonds. The molecule has 5 nitrogen and oxygen atoms in total. The molecule has 1 aromatic heterocycles. The Labute approximate surface area is 131 Å². The van der Waals surface area contributed by atoms with Gasteiger partial charge in [-0.15, -0.1) is 5.10 Å². The van der Waals surface area contributed by atoms with Crippen molar-refractivity contribution in [1.29, 1.82) is 0 Å². The minimum Gasteiger partial charge on any atom is -0.316 e. The van der Waals surface area contributed by atoms with Gasteiger partial charge >= 0.3 is 0 Å². The monoisotopic (exact) mass is 346 g/mol. The normalized spacial score (nSPS) is 17.7. The molecular formula is C15H15BrN4O. The Hall–Kier alpha value is -1.79. The standard InChI is InChI=1S/C15H15BrN4O/c16-12-3-5-13(6-4-12)20(14-2-1-8-18-19-14)15(21)11-7-9-17-10-11/h1-6,8,11,17H,7,9-10H2. The Morgan fingerprint density at radius 3 is 2.71 bits per heavy atom. The van der Waals surface area contributed by atoms with Gasteiger partial charge in [-0.05, 0) is 49.4 Å². The topological polar surface area (TPSA) is 58.1 Å². The molecule has 0 spiro atoms. The summed E-state index contributed by atoms with van der Waals surface area (Å²) in [6.07, 6.45) is 2.46. The van der Waals surface area contributed by atoms with E-state index in [2.05, 4.69) is 31.4 Å². The van der Waals surface area contributed by atoms with Crippen molar-refractivity contribution in [3.8, 4) is 0 Å². The number of anilines is 2. The van der Waals surface area contributed by atoms with Crippen LogP contribution in [0.3, 0.4) is 0 Å². The molecule has 0 radical (unpaired) electrons. The summed E-state index contributed by atoms with van der Waals surface area (Å²) in [5.74, 6) is 0.593. The van der Waals surface area contributed by atoms with Crippen LogP contribution in [0.4, 0.5) is 11.5 Å². The zero-order valence-electron chi connectivity index (χ0n) is 11.4. The van der Waals surface area contributed by atoms with Crippen LogP contribution in [0.5, 0.6) is 0 Å². The molecule has 1 aromatic carbocycles. The number of rotatable bonds is 3. The van der Waals surface area contributed by atoms with Crippen LogP contribution in [0.15, 0.2) is 47.1 Å². The van der Waals surface area contributed by atoms with Gasteiger partial charge in [0.1, 0.15) is 0 Å².